The molecular weight excluding hydrogens is 414 g/mol. The molecule has 1 aliphatic heterocycles. The summed E-state index contributed by atoms with van der Waals surface area (Å²) < 4.78 is 2.00. The van der Waals surface area contributed by atoms with Crippen LogP contribution in [0.5, 0.6) is 0 Å². The molecule has 0 spiro atoms. The molecule has 2 aliphatic rings. The van der Waals surface area contributed by atoms with E-state index in [1.807, 2.05) is 22.9 Å². The Labute approximate surface area is 194 Å². The van der Waals surface area contributed by atoms with Crippen molar-refractivity contribution in [1.82, 2.24) is 19.4 Å². The summed E-state index contributed by atoms with van der Waals surface area (Å²) in [5, 5.41) is 14.2. The van der Waals surface area contributed by atoms with Gasteiger partial charge < -0.3 is 15.0 Å². The highest BCUT2D eigenvalue weighted by molar-refractivity contribution is 5.79. The number of carbonyl (C=O) groups is 1. The Morgan fingerprint density at radius 1 is 1.18 bits per heavy atom. The Balaban J connectivity index is 1.39. The average molecular weight is 447 g/mol. The second kappa shape index (κ2) is 9.14. The number of carboxylic acid groups (broad SMARTS) is 1. The molecule has 7 heteroatoms. The van der Waals surface area contributed by atoms with Gasteiger partial charge >= 0.3 is 5.97 Å². The lowest BCUT2D eigenvalue weighted by Gasteiger charge is -2.44. The lowest BCUT2D eigenvalue weighted by molar-refractivity contribution is -0.158. The number of nitrogens with one attached hydrogen (secondary N) is 1. The van der Waals surface area contributed by atoms with Crippen molar-refractivity contribution in [2.45, 2.75) is 57.5 Å². The number of piperidine rings is 1. The van der Waals surface area contributed by atoms with E-state index in [1.165, 1.54) is 37.9 Å². The van der Waals surface area contributed by atoms with Gasteiger partial charge in [0, 0.05) is 30.0 Å². The maximum absolute atomic E-state index is 12.1. The highest BCUT2D eigenvalue weighted by Crippen LogP contribution is 2.51. The van der Waals surface area contributed by atoms with Gasteiger partial charge in [0.1, 0.15) is 5.65 Å². The van der Waals surface area contributed by atoms with Crippen LogP contribution < -0.4 is 5.32 Å². The van der Waals surface area contributed by atoms with Crippen LogP contribution in [-0.2, 0) is 11.3 Å². The molecule has 2 N–H and O–H groups in total. The van der Waals surface area contributed by atoms with Crippen LogP contribution in [0.2, 0.25) is 0 Å². The summed E-state index contributed by atoms with van der Waals surface area (Å²) in [6, 6.07) is 10.1. The number of anilines is 2. The van der Waals surface area contributed by atoms with Crippen LogP contribution in [0.15, 0.2) is 42.7 Å². The summed E-state index contributed by atoms with van der Waals surface area (Å²) in [5.74, 6) is -0.222. The maximum Gasteiger partial charge on any atom is 0.311 e. The molecule has 173 valence electrons. The first kappa shape index (κ1) is 21.9. The number of benzene rings is 1. The zero-order chi connectivity index (χ0) is 22.8. The van der Waals surface area contributed by atoms with E-state index in [-0.39, 0.29) is 6.04 Å². The van der Waals surface area contributed by atoms with Gasteiger partial charge in [0.25, 0.3) is 0 Å². The standard InChI is InChI=1S/C26H32N5O2/c1-2-22(26(24(32)33)11-7-12-26)31-15-10-20-17-27-25(29-23(20)31)28-21-9-6-8-19(16-21)18-30-13-4-3-5-14-30/h6,8-10,15-17,22H,1-5,7,11-14,18H2,(H,32,33)(H,27,28,29). The number of nitrogens with zero attached hydrogens (tertiary/aromatic N) is 4. The molecule has 1 aliphatic carbocycles. The fourth-order valence-electron chi connectivity index (χ4n) is 5.43. The van der Waals surface area contributed by atoms with Crippen LogP contribution in [0.3, 0.4) is 0 Å². The summed E-state index contributed by atoms with van der Waals surface area (Å²) >= 11 is 0. The number of likely N-dealkylation sites (tertiary alicyclic amines) is 1. The van der Waals surface area contributed by atoms with Crippen LogP contribution in [0.1, 0.15) is 56.6 Å². The van der Waals surface area contributed by atoms with E-state index in [9.17, 15) is 9.90 Å². The van der Waals surface area contributed by atoms with Gasteiger partial charge in [-0.3, -0.25) is 9.69 Å². The summed E-state index contributed by atoms with van der Waals surface area (Å²) in [5.41, 5.74) is 2.22. The number of aromatic nitrogens is 3. The summed E-state index contributed by atoms with van der Waals surface area (Å²) in [6.45, 7) is 7.37. The number of hydrogen-bond donors (Lipinski definition) is 2. The minimum atomic E-state index is -0.755. The minimum absolute atomic E-state index is 0.225. The Bertz CT molecular complexity index is 1130. The molecule has 5 rings (SSSR count). The van der Waals surface area contributed by atoms with E-state index in [0.29, 0.717) is 25.2 Å². The summed E-state index contributed by atoms with van der Waals surface area (Å²) in [4.78, 5) is 23.9. The van der Waals surface area contributed by atoms with Crippen molar-refractivity contribution in [3.05, 3.63) is 55.2 Å². The molecule has 7 nitrogen and oxygen atoms in total. The Hall–Kier alpha value is -2.93. The number of fused-ring (bicyclic) bond motifs is 1. The molecule has 0 amide bonds. The quantitative estimate of drug-likeness (QED) is 0.496. The third-order valence-corrected chi connectivity index (χ3v) is 7.41. The number of carboxylic acids is 1. The minimum Gasteiger partial charge on any atom is -0.481 e. The van der Waals surface area contributed by atoms with Crippen molar-refractivity contribution in [3.8, 4) is 0 Å². The van der Waals surface area contributed by atoms with Gasteiger partial charge in [-0.1, -0.05) is 31.9 Å². The van der Waals surface area contributed by atoms with Crippen molar-refractivity contribution < 1.29 is 9.90 Å². The topological polar surface area (TPSA) is 83.3 Å². The van der Waals surface area contributed by atoms with E-state index >= 15 is 0 Å². The second-order valence-corrected chi connectivity index (χ2v) is 9.48. The number of hydrogen-bond acceptors (Lipinski definition) is 5. The molecule has 1 radical (unpaired) electrons. The van der Waals surface area contributed by atoms with Gasteiger partial charge in [0.05, 0.1) is 11.5 Å². The van der Waals surface area contributed by atoms with Crippen molar-refractivity contribution >= 4 is 28.6 Å². The maximum atomic E-state index is 12.1. The van der Waals surface area contributed by atoms with Crippen LogP contribution in [0, 0.1) is 12.3 Å². The second-order valence-electron chi connectivity index (χ2n) is 9.48. The number of aliphatic carboxylic acids is 1. The zero-order valence-corrected chi connectivity index (χ0v) is 19.0. The van der Waals surface area contributed by atoms with Crippen molar-refractivity contribution in [3.63, 3.8) is 0 Å². The molecule has 1 saturated heterocycles. The monoisotopic (exact) mass is 446 g/mol. The predicted octanol–water partition coefficient (Wildman–Crippen LogP) is 5.18. The van der Waals surface area contributed by atoms with E-state index < -0.39 is 11.4 Å². The molecular formula is C26H32N5O2. The Morgan fingerprint density at radius 2 is 2.00 bits per heavy atom. The molecule has 1 unspecified atom stereocenters. The average Bonchev–Trinajstić information content (AvgIpc) is 3.19. The third kappa shape index (κ3) is 4.22. The van der Waals surface area contributed by atoms with Crippen molar-refractivity contribution in [2.75, 3.05) is 18.4 Å². The molecule has 1 aromatic carbocycles. The largest absolute Gasteiger partial charge is 0.481 e. The molecule has 1 saturated carbocycles. The first-order chi connectivity index (χ1) is 16.1. The lowest BCUT2D eigenvalue weighted by Crippen LogP contribution is -2.45. The number of rotatable bonds is 8. The van der Waals surface area contributed by atoms with Crippen LogP contribution >= 0.6 is 0 Å². The third-order valence-electron chi connectivity index (χ3n) is 7.41. The normalized spacial score (nSPS) is 19.2. The summed E-state index contributed by atoms with van der Waals surface area (Å²) in [6.07, 6.45) is 10.4. The fourth-order valence-corrected chi connectivity index (χ4v) is 5.43. The molecule has 3 heterocycles. The molecule has 1 atom stereocenters. The van der Waals surface area contributed by atoms with Crippen LogP contribution in [-0.4, -0.2) is 43.6 Å². The molecule has 0 bridgehead atoms. The smallest absolute Gasteiger partial charge is 0.311 e. The highest BCUT2D eigenvalue weighted by Gasteiger charge is 2.51. The molecule has 33 heavy (non-hydrogen) atoms. The van der Waals surface area contributed by atoms with Crippen LogP contribution in [0.4, 0.5) is 11.6 Å². The molecule has 3 aromatic rings. The summed E-state index contributed by atoms with van der Waals surface area (Å²) in [7, 11) is 0. The van der Waals surface area contributed by atoms with E-state index in [0.717, 1.165) is 29.7 Å². The van der Waals surface area contributed by atoms with Gasteiger partial charge in [0.15, 0.2) is 0 Å². The van der Waals surface area contributed by atoms with Gasteiger partial charge in [0.2, 0.25) is 5.95 Å². The van der Waals surface area contributed by atoms with Crippen LogP contribution in [0.25, 0.3) is 11.0 Å². The van der Waals surface area contributed by atoms with E-state index in [4.69, 9.17) is 4.98 Å². The van der Waals surface area contributed by atoms with Crippen molar-refractivity contribution in [1.29, 1.82) is 0 Å². The Kier molecular flexibility index (Phi) is 6.06. The van der Waals surface area contributed by atoms with Gasteiger partial charge in [-0.15, -0.1) is 0 Å². The highest BCUT2D eigenvalue weighted by atomic mass is 16.4. The van der Waals surface area contributed by atoms with E-state index in [2.05, 4.69) is 40.3 Å². The predicted molar refractivity (Wildman–Crippen MR) is 129 cm³/mol. The lowest BCUT2D eigenvalue weighted by atomic mass is 9.63. The van der Waals surface area contributed by atoms with E-state index in [1.54, 1.807) is 6.20 Å². The zero-order valence-electron chi connectivity index (χ0n) is 19.0. The fraction of sp³-hybridized carbons (Fsp3) is 0.462. The first-order valence-electron chi connectivity index (χ1n) is 12.0. The first-order valence-corrected chi connectivity index (χ1v) is 12.0. The van der Waals surface area contributed by atoms with Crippen molar-refractivity contribution in [2.24, 2.45) is 5.41 Å². The molecule has 2 aromatic heterocycles. The van der Waals surface area contributed by atoms with Gasteiger partial charge in [-0.05, 0) is 69.0 Å². The van der Waals surface area contributed by atoms with Gasteiger partial charge in [-0.2, -0.15) is 4.98 Å². The Morgan fingerprint density at radius 3 is 2.70 bits per heavy atom. The SMILES string of the molecule is [CH2]CC(n1ccc2cnc(Nc3cccc(CN4CCCCC4)c3)nc21)C1(C(=O)O)CCC1. The molecule has 2 fully saturated rings. The van der Waals surface area contributed by atoms with Gasteiger partial charge in [-0.25, -0.2) is 4.98 Å².